The van der Waals surface area contributed by atoms with Crippen LogP contribution in [0.25, 0.3) is 11.3 Å². The van der Waals surface area contributed by atoms with Crippen molar-refractivity contribution in [2.45, 2.75) is 13.5 Å². The highest BCUT2D eigenvalue weighted by Crippen LogP contribution is 2.22. The first-order chi connectivity index (χ1) is 8.62. The van der Waals surface area contributed by atoms with Gasteiger partial charge in [-0.25, -0.2) is 13.1 Å². The van der Waals surface area contributed by atoms with Crippen LogP contribution >= 0.6 is 11.3 Å². The first kappa shape index (κ1) is 13.1. The van der Waals surface area contributed by atoms with Crippen molar-refractivity contribution in [1.82, 2.24) is 14.7 Å². The SMILES string of the molecule is CCS(=O)(=O)NCc1nccnc1-c1ccsc1. The Kier molecular flexibility index (Phi) is 4.05. The van der Waals surface area contributed by atoms with Gasteiger partial charge in [0.2, 0.25) is 10.0 Å². The lowest BCUT2D eigenvalue weighted by molar-refractivity contribution is 0.581. The van der Waals surface area contributed by atoms with Gasteiger partial charge in [0.15, 0.2) is 0 Å². The van der Waals surface area contributed by atoms with E-state index in [1.165, 1.54) is 0 Å². The van der Waals surface area contributed by atoms with Crippen LogP contribution in [0.1, 0.15) is 12.6 Å². The van der Waals surface area contributed by atoms with Crippen LogP contribution in [0.3, 0.4) is 0 Å². The highest BCUT2D eigenvalue weighted by atomic mass is 32.2. The van der Waals surface area contributed by atoms with E-state index in [0.717, 1.165) is 11.3 Å². The molecule has 1 N–H and O–H groups in total. The molecule has 96 valence electrons. The molecule has 0 aliphatic carbocycles. The normalized spacial score (nSPS) is 11.6. The Labute approximate surface area is 110 Å². The van der Waals surface area contributed by atoms with Gasteiger partial charge in [0.05, 0.1) is 23.7 Å². The van der Waals surface area contributed by atoms with Crippen molar-refractivity contribution in [3.8, 4) is 11.3 Å². The minimum Gasteiger partial charge on any atom is -0.256 e. The van der Waals surface area contributed by atoms with Gasteiger partial charge in [-0.3, -0.25) is 9.97 Å². The monoisotopic (exact) mass is 283 g/mol. The Morgan fingerprint density at radius 1 is 1.33 bits per heavy atom. The van der Waals surface area contributed by atoms with Crippen LogP contribution in [-0.2, 0) is 16.6 Å². The molecule has 0 unspecified atom stereocenters. The van der Waals surface area contributed by atoms with Gasteiger partial charge in [-0.05, 0) is 18.4 Å². The fourth-order valence-electron chi connectivity index (χ4n) is 1.42. The van der Waals surface area contributed by atoms with Crippen LogP contribution in [0, 0.1) is 0 Å². The van der Waals surface area contributed by atoms with Gasteiger partial charge in [0.25, 0.3) is 0 Å². The molecule has 0 aromatic carbocycles. The number of sulfonamides is 1. The fraction of sp³-hybridized carbons (Fsp3) is 0.273. The van der Waals surface area contributed by atoms with E-state index in [0.29, 0.717) is 5.69 Å². The third kappa shape index (κ3) is 3.12. The van der Waals surface area contributed by atoms with Crippen LogP contribution < -0.4 is 4.72 Å². The van der Waals surface area contributed by atoms with Crippen molar-refractivity contribution in [3.63, 3.8) is 0 Å². The molecule has 0 saturated carbocycles. The van der Waals surface area contributed by atoms with Gasteiger partial charge in [-0.15, -0.1) is 0 Å². The molecule has 5 nitrogen and oxygen atoms in total. The van der Waals surface area contributed by atoms with Crippen LogP contribution in [0.2, 0.25) is 0 Å². The average molecular weight is 283 g/mol. The summed E-state index contributed by atoms with van der Waals surface area (Å²) in [6.07, 6.45) is 3.16. The first-order valence-electron chi connectivity index (χ1n) is 5.42. The van der Waals surface area contributed by atoms with E-state index in [1.807, 2.05) is 16.8 Å². The van der Waals surface area contributed by atoms with Gasteiger partial charge in [-0.2, -0.15) is 11.3 Å². The highest BCUT2D eigenvalue weighted by molar-refractivity contribution is 7.89. The van der Waals surface area contributed by atoms with Gasteiger partial charge in [0.1, 0.15) is 0 Å². The van der Waals surface area contributed by atoms with Crippen molar-refractivity contribution < 1.29 is 8.42 Å². The van der Waals surface area contributed by atoms with Gasteiger partial charge >= 0.3 is 0 Å². The average Bonchev–Trinajstić information content (AvgIpc) is 2.91. The maximum Gasteiger partial charge on any atom is 0.211 e. The summed E-state index contributed by atoms with van der Waals surface area (Å²) in [5.74, 6) is 0.0566. The molecule has 0 fully saturated rings. The summed E-state index contributed by atoms with van der Waals surface area (Å²) in [4.78, 5) is 8.44. The second-order valence-electron chi connectivity index (χ2n) is 3.59. The van der Waals surface area contributed by atoms with E-state index in [1.54, 1.807) is 30.7 Å². The molecular formula is C11H13N3O2S2. The molecule has 0 spiro atoms. The molecule has 0 aliphatic rings. The number of nitrogens with one attached hydrogen (secondary N) is 1. The topological polar surface area (TPSA) is 72.0 Å². The molecule has 2 rings (SSSR count). The molecule has 2 heterocycles. The van der Waals surface area contributed by atoms with E-state index < -0.39 is 10.0 Å². The third-order valence-corrected chi connectivity index (χ3v) is 4.44. The number of rotatable bonds is 5. The lowest BCUT2D eigenvalue weighted by Gasteiger charge is -2.07. The lowest BCUT2D eigenvalue weighted by Crippen LogP contribution is -2.25. The second-order valence-corrected chi connectivity index (χ2v) is 6.46. The Bertz CT molecular complexity index is 609. The fourth-order valence-corrected chi connectivity index (χ4v) is 2.62. The second kappa shape index (κ2) is 5.55. The number of thiophene rings is 1. The van der Waals surface area contributed by atoms with E-state index >= 15 is 0 Å². The molecule has 0 bridgehead atoms. The molecule has 0 aliphatic heterocycles. The lowest BCUT2D eigenvalue weighted by atomic mass is 10.2. The van der Waals surface area contributed by atoms with E-state index in [9.17, 15) is 8.42 Å². The van der Waals surface area contributed by atoms with Gasteiger partial charge < -0.3 is 0 Å². The summed E-state index contributed by atoms with van der Waals surface area (Å²) in [5.41, 5.74) is 2.31. The maximum absolute atomic E-state index is 11.4. The number of hydrogen-bond donors (Lipinski definition) is 1. The zero-order chi connectivity index (χ0) is 13.0. The van der Waals surface area contributed by atoms with Crippen LogP contribution in [0.5, 0.6) is 0 Å². The largest absolute Gasteiger partial charge is 0.256 e. The zero-order valence-corrected chi connectivity index (χ0v) is 11.5. The minimum absolute atomic E-state index is 0.0566. The number of nitrogens with zero attached hydrogens (tertiary/aromatic N) is 2. The standard InChI is InChI=1S/C11H13N3O2S2/c1-2-18(15,16)14-7-10-11(13-5-4-12-10)9-3-6-17-8-9/h3-6,8,14H,2,7H2,1H3. The zero-order valence-electron chi connectivity index (χ0n) is 9.83. The molecule has 0 radical (unpaired) electrons. The quantitative estimate of drug-likeness (QED) is 0.905. The molecule has 0 amide bonds. The first-order valence-corrected chi connectivity index (χ1v) is 8.01. The predicted molar refractivity (Wildman–Crippen MR) is 71.6 cm³/mol. The smallest absolute Gasteiger partial charge is 0.211 e. The highest BCUT2D eigenvalue weighted by Gasteiger charge is 2.11. The minimum atomic E-state index is -3.22. The summed E-state index contributed by atoms with van der Waals surface area (Å²) < 4.78 is 25.3. The molecule has 7 heteroatoms. The van der Waals surface area contributed by atoms with Crippen LogP contribution in [-0.4, -0.2) is 24.1 Å². The van der Waals surface area contributed by atoms with Crippen molar-refractivity contribution in [2.75, 3.05) is 5.75 Å². The predicted octanol–water partition coefficient (Wildman–Crippen LogP) is 1.64. The molecule has 0 atom stereocenters. The molecular weight excluding hydrogens is 270 g/mol. The summed E-state index contributed by atoms with van der Waals surface area (Å²) in [6.45, 7) is 1.76. The van der Waals surface area contributed by atoms with Gasteiger partial charge in [0, 0.05) is 23.3 Å². The Morgan fingerprint density at radius 2 is 2.11 bits per heavy atom. The molecule has 18 heavy (non-hydrogen) atoms. The van der Waals surface area contributed by atoms with Crippen LogP contribution in [0.15, 0.2) is 29.2 Å². The molecule has 2 aromatic heterocycles. The third-order valence-electron chi connectivity index (χ3n) is 2.41. The summed E-state index contributed by atoms with van der Waals surface area (Å²) in [6, 6.07) is 1.94. The van der Waals surface area contributed by atoms with Crippen molar-refractivity contribution in [2.24, 2.45) is 0 Å². The maximum atomic E-state index is 11.4. The molecule has 2 aromatic rings. The summed E-state index contributed by atoms with van der Waals surface area (Å²) in [5, 5.41) is 3.91. The van der Waals surface area contributed by atoms with E-state index in [4.69, 9.17) is 0 Å². The summed E-state index contributed by atoms with van der Waals surface area (Å²) in [7, 11) is -3.22. The Balaban J connectivity index is 2.24. The van der Waals surface area contributed by atoms with Crippen molar-refractivity contribution >= 4 is 21.4 Å². The molecule has 0 saturated heterocycles. The summed E-state index contributed by atoms with van der Waals surface area (Å²) >= 11 is 1.56. The van der Waals surface area contributed by atoms with E-state index in [-0.39, 0.29) is 12.3 Å². The number of aromatic nitrogens is 2. The number of hydrogen-bond acceptors (Lipinski definition) is 5. The van der Waals surface area contributed by atoms with Crippen molar-refractivity contribution in [3.05, 3.63) is 34.9 Å². The van der Waals surface area contributed by atoms with E-state index in [2.05, 4.69) is 14.7 Å². The Morgan fingerprint density at radius 3 is 2.78 bits per heavy atom. The van der Waals surface area contributed by atoms with Gasteiger partial charge in [-0.1, -0.05) is 0 Å². The van der Waals surface area contributed by atoms with Crippen molar-refractivity contribution in [1.29, 1.82) is 0 Å². The Hall–Kier alpha value is -1.31. The van der Waals surface area contributed by atoms with Crippen LogP contribution in [0.4, 0.5) is 0 Å².